The van der Waals surface area contributed by atoms with Crippen molar-refractivity contribution in [1.29, 1.82) is 0 Å². The Hall–Kier alpha value is -3.37. The maximum absolute atomic E-state index is 12.4. The Kier molecular flexibility index (Phi) is 5.85. The van der Waals surface area contributed by atoms with E-state index in [2.05, 4.69) is 15.3 Å². The molecule has 1 aromatic heterocycles. The molecule has 1 unspecified atom stereocenters. The molecule has 0 saturated heterocycles. The number of nitrogens with zero attached hydrogens (tertiary/aromatic N) is 2. The second kappa shape index (κ2) is 8.33. The van der Waals surface area contributed by atoms with Crippen LogP contribution in [0.1, 0.15) is 23.8 Å². The van der Waals surface area contributed by atoms with Crippen LogP contribution in [0.3, 0.4) is 0 Å². The SMILES string of the molecule is CCC(OC(=O)c1cnc2ccccc2n1)C(=O)Nc1ccc(S(N)(=O)=O)cc1. The number of carbonyl (C=O) groups excluding carboxylic acids is 2. The molecule has 0 saturated carbocycles. The summed E-state index contributed by atoms with van der Waals surface area (Å²) in [4.78, 5) is 33.1. The van der Waals surface area contributed by atoms with Crippen LogP contribution in [0.2, 0.25) is 0 Å². The fourth-order valence-electron chi connectivity index (χ4n) is 2.52. The van der Waals surface area contributed by atoms with E-state index in [0.29, 0.717) is 16.7 Å². The molecule has 3 aromatic rings. The number of primary sulfonamides is 1. The number of hydrogen-bond acceptors (Lipinski definition) is 7. The molecule has 1 heterocycles. The summed E-state index contributed by atoms with van der Waals surface area (Å²) in [7, 11) is -3.83. The van der Waals surface area contributed by atoms with Crippen LogP contribution in [0.15, 0.2) is 59.6 Å². The summed E-state index contributed by atoms with van der Waals surface area (Å²) in [5, 5.41) is 7.61. The molecule has 10 heteroatoms. The van der Waals surface area contributed by atoms with Gasteiger partial charge in [0.05, 0.1) is 22.1 Å². The highest BCUT2D eigenvalue weighted by atomic mass is 32.2. The lowest BCUT2D eigenvalue weighted by Crippen LogP contribution is -2.32. The zero-order valence-electron chi connectivity index (χ0n) is 15.4. The fraction of sp³-hybridized carbons (Fsp3) is 0.158. The van der Waals surface area contributed by atoms with Gasteiger partial charge >= 0.3 is 5.97 Å². The second-order valence-electron chi connectivity index (χ2n) is 6.10. The third-order valence-electron chi connectivity index (χ3n) is 4.02. The molecule has 0 aliphatic heterocycles. The summed E-state index contributed by atoms with van der Waals surface area (Å²) < 4.78 is 27.8. The second-order valence-corrected chi connectivity index (χ2v) is 7.67. The van der Waals surface area contributed by atoms with E-state index in [1.165, 1.54) is 30.5 Å². The molecule has 0 aliphatic rings. The van der Waals surface area contributed by atoms with E-state index in [1.54, 1.807) is 25.1 Å². The number of ether oxygens (including phenoxy) is 1. The van der Waals surface area contributed by atoms with Gasteiger partial charge in [-0.15, -0.1) is 0 Å². The molecule has 3 N–H and O–H groups in total. The zero-order chi connectivity index (χ0) is 21.0. The van der Waals surface area contributed by atoms with Gasteiger partial charge in [-0.05, 0) is 42.8 Å². The largest absolute Gasteiger partial charge is 0.447 e. The molecule has 1 atom stereocenters. The van der Waals surface area contributed by atoms with Crippen molar-refractivity contribution in [3.8, 4) is 0 Å². The lowest BCUT2D eigenvalue weighted by molar-refractivity contribution is -0.124. The molecular weight excluding hydrogens is 396 g/mol. The number of hydrogen-bond donors (Lipinski definition) is 2. The molecule has 1 amide bonds. The van der Waals surface area contributed by atoms with Gasteiger partial charge in [-0.2, -0.15) is 0 Å². The van der Waals surface area contributed by atoms with Gasteiger partial charge in [0.2, 0.25) is 10.0 Å². The quantitative estimate of drug-likeness (QED) is 0.586. The highest BCUT2D eigenvalue weighted by Crippen LogP contribution is 2.15. The molecule has 9 nitrogen and oxygen atoms in total. The molecule has 0 radical (unpaired) electrons. The van der Waals surface area contributed by atoms with Gasteiger partial charge in [0, 0.05) is 5.69 Å². The first-order valence-electron chi connectivity index (χ1n) is 8.64. The van der Waals surface area contributed by atoms with Gasteiger partial charge in [-0.1, -0.05) is 19.1 Å². The molecule has 0 fully saturated rings. The zero-order valence-corrected chi connectivity index (χ0v) is 16.2. The number of anilines is 1. The first kappa shape index (κ1) is 20.4. The molecule has 0 bridgehead atoms. The molecule has 0 spiro atoms. The summed E-state index contributed by atoms with van der Waals surface area (Å²) >= 11 is 0. The number of carbonyl (C=O) groups is 2. The fourth-order valence-corrected chi connectivity index (χ4v) is 3.03. The van der Waals surface area contributed by atoms with E-state index in [4.69, 9.17) is 9.88 Å². The van der Waals surface area contributed by atoms with Crippen molar-refractivity contribution < 1.29 is 22.7 Å². The Balaban J connectivity index is 1.69. The summed E-state index contributed by atoms with van der Waals surface area (Å²) in [6, 6.07) is 12.4. The number of sulfonamides is 1. The van der Waals surface area contributed by atoms with E-state index in [0.717, 1.165) is 0 Å². The highest BCUT2D eigenvalue weighted by molar-refractivity contribution is 7.89. The lowest BCUT2D eigenvalue weighted by Gasteiger charge is -2.16. The minimum atomic E-state index is -3.83. The van der Waals surface area contributed by atoms with Crippen molar-refractivity contribution in [2.45, 2.75) is 24.3 Å². The summed E-state index contributed by atoms with van der Waals surface area (Å²) in [6.45, 7) is 1.69. The Bertz CT molecular complexity index is 1160. The third-order valence-corrected chi connectivity index (χ3v) is 4.95. The molecule has 29 heavy (non-hydrogen) atoms. The van der Waals surface area contributed by atoms with Crippen LogP contribution in [0, 0.1) is 0 Å². The molecule has 3 rings (SSSR count). The van der Waals surface area contributed by atoms with E-state index in [9.17, 15) is 18.0 Å². The number of fused-ring (bicyclic) bond motifs is 1. The monoisotopic (exact) mass is 414 g/mol. The van der Waals surface area contributed by atoms with Crippen molar-refractivity contribution in [3.05, 3.63) is 60.4 Å². The third kappa shape index (κ3) is 4.92. The molecule has 0 aliphatic carbocycles. The van der Waals surface area contributed by atoms with Crippen molar-refractivity contribution in [2.75, 3.05) is 5.32 Å². The van der Waals surface area contributed by atoms with Crippen LogP contribution in [0.5, 0.6) is 0 Å². The molecule has 2 aromatic carbocycles. The van der Waals surface area contributed by atoms with Crippen LogP contribution in [0.4, 0.5) is 5.69 Å². The lowest BCUT2D eigenvalue weighted by atomic mass is 10.2. The number of nitrogens with one attached hydrogen (secondary N) is 1. The maximum Gasteiger partial charge on any atom is 0.359 e. The number of benzene rings is 2. The predicted molar refractivity (Wildman–Crippen MR) is 105 cm³/mol. The van der Waals surface area contributed by atoms with Gasteiger partial charge in [-0.3, -0.25) is 9.78 Å². The highest BCUT2D eigenvalue weighted by Gasteiger charge is 2.23. The van der Waals surface area contributed by atoms with Crippen LogP contribution >= 0.6 is 0 Å². The Labute approximate surface area is 167 Å². The first-order valence-corrected chi connectivity index (χ1v) is 10.2. The van der Waals surface area contributed by atoms with Crippen LogP contribution in [0.25, 0.3) is 11.0 Å². The van der Waals surface area contributed by atoms with Crippen LogP contribution in [-0.4, -0.2) is 36.4 Å². The number of para-hydroxylation sites is 2. The van der Waals surface area contributed by atoms with Crippen LogP contribution < -0.4 is 10.5 Å². The van der Waals surface area contributed by atoms with Gasteiger partial charge in [0.25, 0.3) is 5.91 Å². The van der Waals surface area contributed by atoms with Crippen molar-refractivity contribution in [3.63, 3.8) is 0 Å². The number of aromatic nitrogens is 2. The normalized spacial score (nSPS) is 12.3. The average molecular weight is 414 g/mol. The molecule has 150 valence electrons. The summed E-state index contributed by atoms with van der Waals surface area (Å²) in [5.74, 6) is -1.33. The average Bonchev–Trinajstić information content (AvgIpc) is 2.71. The van der Waals surface area contributed by atoms with E-state index >= 15 is 0 Å². The van der Waals surface area contributed by atoms with Crippen molar-refractivity contribution >= 4 is 38.6 Å². The Morgan fingerprint density at radius 1 is 1.10 bits per heavy atom. The predicted octanol–water partition coefficient (Wildman–Crippen LogP) is 1.85. The molecular formula is C19H18N4O5S. The number of amides is 1. The van der Waals surface area contributed by atoms with Gasteiger partial charge in [0.1, 0.15) is 0 Å². The number of nitrogens with two attached hydrogens (primary N) is 1. The summed E-state index contributed by atoms with van der Waals surface area (Å²) in [5.41, 5.74) is 1.50. The first-order chi connectivity index (χ1) is 13.8. The topological polar surface area (TPSA) is 141 Å². The minimum absolute atomic E-state index is 0.00699. The van der Waals surface area contributed by atoms with Crippen LogP contribution in [-0.2, 0) is 19.6 Å². The summed E-state index contributed by atoms with van der Waals surface area (Å²) in [6.07, 6.45) is 0.462. The van der Waals surface area contributed by atoms with Crippen molar-refractivity contribution in [1.82, 2.24) is 9.97 Å². The van der Waals surface area contributed by atoms with Crippen molar-refractivity contribution in [2.24, 2.45) is 5.14 Å². The standard InChI is InChI=1S/C19H18N4O5S/c1-2-17(18(24)22-12-7-9-13(10-8-12)29(20,26)27)28-19(25)16-11-21-14-5-3-4-6-15(14)23-16/h3-11,17H,2H2,1H3,(H,22,24)(H2,20,26,27). The number of rotatable bonds is 6. The minimum Gasteiger partial charge on any atom is -0.447 e. The van der Waals surface area contributed by atoms with E-state index in [1.807, 2.05) is 6.07 Å². The maximum atomic E-state index is 12.4. The van der Waals surface area contributed by atoms with E-state index < -0.39 is 28.0 Å². The number of esters is 1. The smallest absolute Gasteiger partial charge is 0.359 e. The Morgan fingerprint density at radius 3 is 2.38 bits per heavy atom. The van der Waals surface area contributed by atoms with E-state index in [-0.39, 0.29) is 17.0 Å². The van der Waals surface area contributed by atoms with Gasteiger partial charge in [-0.25, -0.2) is 23.3 Å². The van der Waals surface area contributed by atoms with Gasteiger partial charge < -0.3 is 10.1 Å². The Morgan fingerprint density at radius 2 is 1.76 bits per heavy atom. The van der Waals surface area contributed by atoms with Gasteiger partial charge in [0.15, 0.2) is 11.8 Å².